The molecular weight excluding hydrogens is 417 g/mol. The minimum Gasteiger partial charge on any atom is -0.325 e. The van der Waals surface area contributed by atoms with E-state index in [-0.39, 0.29) is 29.6 Å². The highest BCUT2D eigenvalue weighted by atomic mass is 35.5. The number of hydrogen-bond donors (Lipinski definition) is 0. The number of rotatable bonds is 7. The predicted molar refractivity (Wildman–Crippen MR) is 123 cm³/mol. The molecule has 0 N–H and O–H groups in total. The van der Waals surface area contributed by atoms with E-state index < -0.39 is 6.04 Å². The summed E-state index contributed by atoms with van der Waals surface area (Å²) >= 11 is 12.4. The highest BCUT2D eigenvalue weighted by molar-refractivity contribution is 6.30. The molecule has 0 saturated carbocycles. The van der Waals surface area contributed by atoms with Gasteiger partial charge in [-0.25, -0.2) is 0 Å². The molecule has 0 radical (unpaired) electrons. The zero-order valence-electron chi connectivity index (χ0n) is 17.4. The number of Topliss-reactive ketones (excluding diaryl/α,β-unsaturated/α-hetero) is 1. The zero-order chi connectivity index (χ0) is 21.8. The molecule has 2 aromatic carbocycles. The number of likely N-dealkylation sites (tertiary alicyclic amines) is 1. The van der Waals surface area contributed by atoms with Crippen molar-refractivity contribution >= 4 is 34.9 Å². The van der Waals surface area contributed by atoms with Gasteiger partial charge in [-0.1, -0.05) is 60.5 Å². The Morgan fingerprint density at radius 1 is 1.17 bits per heavy atom. The fourth-order valence-electron chi connectivity index (χ4n) is 4.61. The fourth-order valence-corrected chi connectivity index (χ4v) is 4.94. The van der Waals surface area contributed by atoms with Gasteiger partial charge in [-0.05, 0) is 61.6 Å². The first-order valence-electron chi connectivity index (χ1n) is 10.3. The summed E-state index contributed by atoms with van der Waals surface area (Å²) in [5, 5.41) is 1.29. The van der Waals surface area contributed by atoms with E-state index in [2.05, 4.69) is 6.58 Å². The maximum Gasteiger partial charge on any atom is 0.227 e. The van der Waals surface area contributed by atoms with E-state index in [9.17, 15) is 9.59 Å². The monoisotopic (exact) mass is 443 g/mol. The topological polar surface area (TPSA) is 37.4 Å². The van der Waals surface area contributed by atoms with E-state index in [1.54, 1.807) is 13.0 Å². The smallest absolute Gasteiger partial charge is 0.227 e. The standard InChI is InChI=1S/C25H27Cl2NO2/c1-4-7-19-15-22(18-8-6-9-21(27)14-18)24(17-10-12-20(26)13-11-17)28(25(19)30)23(5-2)16(3)29/h4,6,8-14,19,22-24H,1,5,7,15H2,2-3H3/t19-,22-,23+,24?/m1/s1. The molecule has 1 heterocycles. The Hall–Kier alpha value is -2.10. The van der Waals surface area contributed by atoms with Crippen molar-refractivity contribution in [3.63, 3.8) is 0 Å². The first-order valence-corrected chi connectivity index (χ1v) is 11.1. The second kappa shape index (κ2) is 9.80. The van der Waals surface area contributed by atoms with Gasteiger partial charge in [0.25, 0.3) is 0 Å². The highest BCUT2D eigenvalue weighted by Gasteiger charge is 2.45. The van der Waals surface area contributed by atoms with Crippen LogP contribution in [0.4, 0.5) is 0 Å². The number of carbonyl (C=O) groups is 2. The number of nitrogens with zero attached hydrogens (tertiary/aromatic N) is 1. The molecule has 1 fully saturated rings. The molecule has 30 heavy (non-hydrogen) atoms. The summed E-state index contributed by atoms with van der Waals surface area (Å²) in [5.41, 5.74) is 2.03. The second-order valence-corrected chi connectivity index (χ2v) is 8.77. The lowest BCUT2D eigenvalue weighted by Crippen LogP contribution is -2.53. The molecule has 1 aliphatic rings. The van der Waals surface area contributed by atoms with Gasteiger partial charge in [0.05, 0.1) is 12.1 Å². The van der Waals surface area contributed by atoms with Crippen molar-refractivity contribution in [2.24, 2.45) is 5.92 Å². The van der Waals surface area contributed by atoms with Crippen molar-refractivity contribution < 1.29 is 9.59 Å². The molecular formula is C25H27Cl2NO2. The lowest BCUT2D eigenvalue weighted by Gasteiger charge is -2.47. The molecule has 4 atom stereocenters. The van der Waals surface area contributed by atoms with Crippen molar-refractivity contribution in [3.8, 4) is 0 Å². The minimum absolute atomic E-state index is 0.000857. The van der Waals surface area contributed by atoms with Gasteiger partial charge in [0.2, 0.25) is 5.91 Å². The van der Waals surface area contributed by atoms with E-state index in [1.165, 1.54) is 0 Å². The molecule has 0 aromatic heterocycles. The number of halogens is 2. The Kier molecular flexibility index (Phi) is 7.38. The van der Waals surface area contributed by atoms with Crippen LogP contribution in [0.2, 0.25) is 10.0 Å². The van der Waals surface area contributed by atoms with Gasteiger partial charge in [0.15, 0.2) is 5.78 Å². The van der Waals surface area contributed by atoms with E-state index in [0.717, 1.165) is 11.1 Å². The normalized spacial score (nSPS) is 22.6. The summed E-state index contributed by atoms with van der Waals surface area (Å²) in [6, 6.07) is 14.6. The molecule has 1 unspecified atom stereocenters. The van der Waals surface area contributed by atoms with Gasteiger partial charge in [0.1, 0.15) is 0 Å². The molecule has 0 aliphatic carbocycles. The predicted octanol–water partition coefficient (Wildman–Crippen LogP) is 6.61. The first kappa shape index (κ1) is 22.6. The summed E-state index contributed by atoms with van der Waals surface area (Å²) in [6.45, 7) is 7.35. The van der Waals surface area contributed by atoms with Crippen molar-refractivity contribution in [1.29, 1.82) is 0 Å². The van der Waals surface area contributed by atoms with E-state index in [1.807, 2.05) is 60.4 Å². The molecule has 1 saturated heterocycles. The fraction of sp³-hybridized carbons (Fsp3) is 0.360. The molecule has 3 rings (SSSR count). The third-order valence-electron chi connectivity index (χ3n) is 5.95. The number of carbonyl (C=O) groups excluding carboxylic acids is 2. The van der Waals surface area contributed by atoms with E-state index in [4.69, 9.17) is 23.2 Å². The number of piperidine rings is 1. The van der Waals surface area contributed by atoms with Crippen LogP contribution in [0.3, 0.4) is 0 Å². The van der Waals surface area contributed by atoms with Gasteiger partial charge in [-0.15, -0.1) is 6.58 Å². The quantitative estimate of drug-likeness (QED) is 0.451. The van der Waals surface area contributed by atoms with Gasteiger partial charge in [0, 0.05) is 21.9 Å². The summed E-state index contributed by atoms with van der Waals surface area (Å²) in [5.74, 6) is -0.214. The Morgan fingerprint density at radius 2 is 1.87 bits per heavy atom. The van der Waals surface area contributed by atoms with Crippen LogP contribution < -0.4 is 0 Å². The van der Waals surface area contributed by atoms with Crippen LogP contribution in [0.5, 0.6) is 0 Å². The summed E-state index contributed by atoms with van der Waals surface area (Å²) < 4.78 is 0. The van der Waals surface area contributed by atoms with Gasteiger partial charge in [-0.3, -0.25) is 9.59 Å². The molecule has 3 nitrogen and oxygen atoms in total. The van der Waals surface area contributed by atoms with Crippen LogP contribution in [0.25, 0.3) is 0 Å². The highest BCUT2D eigenvalue weighted by Crippen LogP contribution is 2.47. The van der Waals surface area contributed by atoms with E-state index in [0.29, 0.717) is 29.3 Å². The Bertz CT molecular complexity index is 925. The molecule has 1 aliphatic heterocycles. The van der Waals surface area contributed by atoms with Gasteiger partial charge < -0.3 is 4.90 Å². The number of benzene rings is 2. The molecule has 1 amide bonds. The number of amides is 1. The lowest BCUT2D eigenvalue weighted by molar-refractivity contribution is -0.150. The molecule has 158 valence electrons. The number of hydrogen-bond acceptors (Lipinski definition) is 2. The lowest BCUT2D eigenvalue weighted by atomic mass is 9.74. The molecule has 0 bridgehead atoms. The van der Waals surface area contributed by atoms with Crippen LogP contribution in [0.1, 0.15) is 56.2 Å². The third-order valence-corrected chi connectivity index (χ3v) is 6.44. The van der Waals surface area contributed by atoms with Crippen LogP contribution >= 0.6 is 23.2 Å². The van der Waals surface area contributed by atoms with Crippen LogP contribution in [0.15, 0.2) is 61.2 Å². The summed E-state index contributed by atoms with van der Waals surface area (Å²) in [4.78, 5) is 28.0. The summed E-state index contributed by atoms with van der Waals surface area (Å²) in [7, 11) is 0. The second-order valence-electron chi connectivity index (χ2n) is 7.90. The van der Waals surface area contributed by atoms with Crippen LogP contribution in [-0.2, 0) is 9.59 Å². The first-order chi connectivity index (χ1) is 14.4. The average molecular weight is 444 g/mol. The van der Waals surface area contributed by atoms with Crippen LogP contribution in [-0.4, -0.2) is 22.6 Å². The van der Waals surface area contributed by atoms with Crippen molar-refractivity contribution in [2.45, 2.75) is 51.1 Å². The Balaban J connectivity index is 2.20. The minimum atomic E-state index is -0.479. The number of ketones is 1. The van der Waals surface area contributed by atoms with Crippen molar-refractivity contribution in [2.75, 3.05) is 0 Å². The largest absolute Gasteiger partial charge is 0.325 e. The number of allylic oxidation sites excluding steroid dienone is 1. The molecule has 2 aromatic rings. The van der Waals surface area contributed by atoms with Gasteiger partial charge >= 0.3 is 0 Å². The Labute approximate surface area is 188 Å². The average Bonchev–Trinajstić information content (AvgIpc) is 2.71. The zero-order valence-corrected chi connectivity index (χ0v) is 18.9. The Morgan fingerprint density at radius 3 is 2.43 bits per heavy atom. The SMILES string of the molecule is C=CC[C@@H]1C[C@H](c2cccc(Cl)c2)C(c2ccc(Cl)cc2)N([C@@H](CC)C(C)=O)C1=O. The summed E-state index contributed by atoms with van der Waals surface area (Å²) in [6.07, 6.45) is 3.60. The van der Waals surface area contributed by atoms with Crippen molar-refractivity contribution in [3.05, 3.63) is 82.4 Å². The maximum absolute atomic E-state index is 13.6. The van der Waals surface area contributed by atoms with E-state index >= 15 is 0 Å². The molecule has 5 heteroatoms. The van der Waals surface area contributed by atoms with Crippen LogP contribution in [0, 0.1) is 5.92 Å². The maximum atomic E-state index is 13.6. The van der Waals surface area contributed by atoms with Gasteiger partial charge in [-0.2, -0.15) is 0 Å². The third kappa shape index (κ3) is 4.63. The molecule has 0 spiro atoms. The van der Waals surface area contributed by atoms with Crippen molar-refractivity contribution in [1.82, 2.24) is 4.90 Å².